The van der Waals surface area contributed by atoms with Crippen LogP contribution in [0.2, 0.25) is 0 Å². The van der Waals surface area contributed by atoms with Gasteiger partial charge in [0.05, 0.1) is 81.1 Å². The monoisotopic (exact) mass is 1550 g/mol. The normalized spacial score (nSPS) is 14.1. The minimum Gasteiger partial charge on any atom is -0.462 e. The van der Waals surface area contributed by atoms with E-state index < -0.39 is 115 Å². The largest absolute Gasteiger partial charge is 0.462 e. The lowest BCUT2D eigenvalue weighted by Gasteiger charge is -2.43. The van der Waals surface area contributed by atoms with Gasteiger partial charge in [-0.15, -0.1) is 0 Å². The molecule has 612 valence electrons. The van der Waals surface area contributed by atoms with Crippen LogP contribution in [0.25, 0.3) is 0 Å². The van der Waals surface area contributed by atoms with Crippen LogP contribution in [0.15, 0.2) is 50.1 Å². The van der Waals surface area contributed by atoms with Crippen LogP contribution < -0.4 is 48.7 Å². The molecule has 0 aliphatic carbocycles. The van der Waals surface area contributed by atoms with E-state index in [1.807, 2.05) is 0 Å². The molecule has 4 rings (SSSR count). The third kappa shape index (κ3) is 41.3. The third-order valence-corrected chi connectivity index (χ3v) is 20.5. The molecule has 0 saturated carbocycles. The SMILES string of the molecule is CCCCCCCCCCCCCCCC(=O)OCC(CSCC(N)C(=O)N[C@@H](CO)C(=O)NC(CO)C(=O)NCCCCC(C(N)=O)C(C(N[C@H](C=O)Cc1cnc[nH]1)N[C@H](C=O)Cc1cnc[nH]1)C(N[C@H](C=O)Cc1cnc[nH]1)N[C@H](C=O)Cc1cnc[nH]1)OC(=O)CCCCCCCCCCCCCCC. The van der Waals surface area contributed by atoms with Crippen molar-refractivity contribution in [3.05, 3.63) is 72.9 Å². The molecule has 4 aromatic heterocycles. The number of hydrogen-bond acceptors (Lipinski definition) is 24. The maximum absolute atomic E-state index is 14.3. The van der Waals surface area contributed by atoms with Gasteiger partial charge in [0.2, 0.25) is 23.6 Å². The van der Waals surface area contributed by atoms with Gasteiger partial charge in [-0.3, -0.25) is 50.0 Å². The maximum atomic E-state index is 14.3. The van der Waals surface area contributed by atoms with E-state index in [-0.39, 0.29) is 88.4 Å². The number of nitrogens with two attached hydrogens (primary N) is 2. The number of hydrogen-bond donors (Lipinski definition) is 15. The van der Waals surface area contributed by atoms with Crippen molar-refractivity contribution in [2.75, 3.05) is 37.9 Å². The molecule has 0 bridgehead atoms. The van der Waals surface area contributed by atoms with Crippen molar-refractivity contribution >= 4 is 72.5 Å². The van der Waals surface area contributed by atoms with E-state index in [1.165, 1.54) is 177 Å². The second-order valence-corrected chi connectivity index (χ2v) is 29.6. The Kier molecular flexibility index (Phi) is 51.0. The average molecular weight is 1550 g/mol. The predicted octanol–water partition coefficient (Wildman–Crippen LogP) is 5.57. The zero-order valence-corrected chi connectivity index (χ0v) is 65.3. The Hall–Kier alpha value is -7.59. The van der Waals surface area contributed by atoms with Crippen LogP contribution in [0.4, 0.5) is 0 Å². The van der Waals surface area contributed by atoms with E-state index in [1.54, 1.807) is 0 Å². The van der Waals surface area contributed by atoms with Crippen LogP contribution in [-0.4, -0.2) is 209 Å². The van der Waals surface area contributed by atoms with Gasteiger partial charge in [0.25, 0.3) is 0 Å². The Morgan fingerprint density at radius 2 is 0.835 bits per heavy atom. The van der Waals surface area contributed by atoms with Crippen molar-refractivity contribution in [1.82, 2.24) is 77.1 Å². The highest BCUT2D eigenvalue weighted by molar-refractivity contribution is 7.99. The van der Waals surface area contributed by atoms with Crippen LogP contribution in [0.1, 0.15) is 236 Å². The number of esters is 2. The Bertz CT molecular complexity index is 2840. The number of aliphatic hydroxyl groups excluding tert-OH is 2. The van der Waals surface area contributed by atoms with Crippen molar-refractivity contribution in [3.8, 4) is 0 Å². The molecular formula is C77H129N17O14S. The van der Waals surface area contributed by atoms with E-state index >= 15 is 0 Å². The Balaban J connectivity index is 1.40. The first-order chi connectivity index (χ1) is 53.1. The predicted molar refractivity (Wildman–Crippen MR) is 417 cm³/mol. The van der Waals surface area contributed by atoms with Crippen LogP contribution in [0.5, 0.6) is 0 Å². The molecule has 0 spiro atoms. The van der Waals surface area contributed by atoms with Gasteiger partial charge >= 0.3 is 11.9 Å². The molecule has 4 heterocycles. The number of aromatic amines is 4. The number of amides is 4. The highest BCUT2D eigenvalue weighted by Crippen LogP contribution is 2.27. The lowest BCUT2D eigenvalue weighted by atomic mass is 9.81. The van der Waals surface area contributed by atoms with Crippen LogP contribution in [0, 0.1) is 11.8 Å². The minimum atomic E-state index is -1.61. The molecule has 0 radical (unpaired) electrons. The summed E-state index contributed by atoms with van der Waals surface area (Å²) in [7, 11) is 0. The number of unbranched alkanes of at least 4 members (excludes halogenated alkanes) is 25. The molecule has 4 amide bonds. The summed E-state index contributed by atoms with van der Waals surface area (Å²) in [5, 5.41) is 41.4. The van der Waals surface area contributed by atoms with Gasteiger partial charge < -0.3 is 86.2 Å². The maximum Gasteiger partial charge on any atom is 0.306 e. The molecular weight excluding hydrogens is 1420 g/mol. The third-order valence-electron chi connectivity index (χ3n) is 19.3. The molecule has 0 aromatic carbocycles. The number of carbonyl (C=O) groups excluding carboxylic acids is 10. The molecule has 0 fully saturated rings. The highest BCUT2D eigenvalue weighted by atomic mass is 32.2. The molecule has 0 aliphatic rings. The fourth-order valence-corrected chi connectivity index (χ4v) is 14.1. The molecule has 4 unspecified atom stereocenters. The summed E-state index contributed by atoms with van der Waals surface area (Å²) in [5.41, 5.74) is 15.0. The number of nitrogens with zero attached hydrogens (tertiary/aromatic N) is 4. The number of rotatable bonds is 71. The quantitative estimate of drug-likeness (QED) is 0.0111. The number of H-pyrrole nitrogens is 4. The minimum absolute atomic E-state index is 0.0298. The van der Waals surface area contributed by atoms with E-state index in [0.717, 1.165) is 38.5 Å². The van der Waals surface area contributed by atoms with Gasteiger partial charge in [0, 0.05) is 116 Å². The Morgan fingerprint density at radius 1 is 0.477 bits per heavy atom. The number of aliphatic hydroxyl groups is 2. The molecule has 4 aromatic rings. The summed E-state index contributed by atoms with van der Waals surface area (Å²) in [4.78, 5) is 162. The van der Waals surface area contributed by atoms with E-state index in [9.17, 15) is 58.2 Å². The molecule has 32 heteroatoms. The molecule has 17 N–H and O–H groups in total. The zero-order chi connectivity index (χ0) is 78.9. The second kappa shape index (κ2) is 59.3. The van der Waals surface area contributed by atoms with Gasteiger partial charge in [0.1, 0.15) is 49.9 Å². The van der Waals surface area contributed by atoms with Gasteiger partial charge in [-0.05, 0) is 25.7 Å². The smallest absolute Gasteiger partial charge is 0.306 e. The Labute approximate surface area is 647 Å². The van der Waals surface area contributed by atoms with Gasteiger partial charge in [0.15, 0.2) is 0 Å². The van der Waals surface area contributed by atoms with Crippen LogP contribution >= 0.6 is 11.8 Å². The summed E-state index contributed by atoms with van der Waals surface area (Å²) in [5.74, 6) is -6.66. The van der Waals surface area contributed by atoms with Crippen LogP contribution in [-0.2, 0) is 83.1 Å². The summed E-state index contributed by atoms with van der Waals surface area (Å²) < 4.78 is 11.5. The topological polar surface area (TPSA) is 481 Å². The lowest BCUT2D eigenvalue weighted by molar-refractivity contribution is -0.157. The number of aldehydes is 4. The molecule has 0 aliphatic heterocycles. The molecule has 9 atom stereocenters. The molecule has 109 heavy (non-hydrogen) atoms. The lowest BCUT2D eigenvalue weighted by Crippen LogP contribution is -2.68. The second-order valence-electron chi connectivity index (χ2n) is 28.5. The summed E-state index contributed by atoms with van der Waals surface area (Å²) in [6.45, 7) is 2.38. The number of imidazole rings is 4. The highest BCUT2D eigenvalue weighted by Gasteiger charge is 2.42. The van der Waals surface area contributed by atoms with Gasteiger partial charge in [-0.2, -0.15) is 11.8 Å². The fourth-order valence-electron chi connectivity index (χ4n) is 13.1. The van der Waals surface area contributed by atoms with Gasteiger partial charge in [-0.25, -0.2) is 19.9 Å². The number of ether oxygens (including phenoxy) is 2. The van der Waals surface area contributed by atoms with E-state index in [0.29, 0.717) is 60.8 Å². The first-order valence-electron chi connectivity index (χ1n) is 39.9. The first kappa shape index (κ1) is 93.8. The zero-order valence-electron chi connectivity index (χ0n) is 64.5. The van der Waals surface area contributed by atoms with E-state index in [4.69, 9.17) is 20.9 Å². The number of primary amides is 1. The number of nitrogens with one attached hydrogen (secondary N) is 11. The van der Waals surface area contributed by atoms with Crippen molar-refractivity contribution in [2.24, 2.45) is 23.3 Å². The number of aromatic nitrogens is 8. The van der Waals surface area contributed by atoms with Crippen LogP contribution in [0.3, 0.4) is 0 Å². The van der Waals surface area contributed by atoms with Crippen molar-refractivity contribution < 1.29 is 67.6 Å². The van der Waals surface area contributed by atoms with Crippen molar-refractivity contribution in [2.45, 2.75) is 299 Å². The van der Waals surface area contributed by atoms with Gasteiger partial charge in [-0.1, -0.05) is 174 Å². The summed E-state index contributed by atoms with van der Waals surface area (Å²) in [6.07, 6.45) is 42.5. The molecule has 0 saturated heterocycles. The number of thioether (sulfide) groups is 1. The van der Waals surface area contributed by atoms with E-state index in [2.05, 4.69) is 90.9 Å². The van der Waals surface area contributed by atoms with Crippen molar-refractivity contribution in [1.29, 1.82) is 0 Å². The first-order valence-corrected chi connectivity index (χ1v) is 41.1. The Morgan fingerprint density at radius 3 is 1.18 bits per heavy atom. The van der Waals surface area contributed by atoms with Crippen molar-refractivity contribution in [3.63, 3.8) is 0 Å². The fraction of sp³-hybridized carbons (Fsp3) is 0.714. The summed E-state index contributed by atoms with van der Waals surface area (Å²) in [6, 6.07) is -8.50. The molecule has 31 nitrogen and oxygen atoms in total. The summed E-state index contributed by atoms with van der Waals surface area (Å²) >= 11 is 1.17. The number of carbonyl (C=O) groups is 10. The standard InChI is InChI=1S/C77H129N17O14S/c1-3-5-7-9-11-13-15-17-19-21-23-25-27-32-69(101)107-49-64(108-70(102)33-28-26-24-22-20-18-16-14-12-10-8-6-4-2)50-109-51-66(78)75(104)93-68(48-100)77(106)94-67(47-99)76(105)84-34-30-29-31-65(72(79)103)71(73(89-60(43-95)35-56-39-80-52-85-56)90-61(44-96)36-57-40-81-53-86-57)74(91-62(45-97)37-58-41-82-54-87-58)92-63(46-98)38-59-42-83-55-88-59/h39-46,52-55,60-68,71,73-74,89-92,99-100H,3-38,47-51,78H2,1-2H3,(H2,79,103)(H,80,85)(H,81,86)(H,82,87)(H,83,88)(H,84,105)(H,93,104)(H,94,106)/t60-,61-,62-,63-,64?,65?,66?,67?,68-/m0/s1. The average Bonchev–Trinajstić information content (AvgIpc) is 1.09.